The maximum Gasteiger partial charge on any atom is 0.0302 e. The van der Waals surface area contributed by atoms with E-state index >= 15 is 0 Å². The molecule has 2 rings (SSSR count). The van der Waals surface area contributed by atoms with E-state index in [2.05, 4.69) is 44.9 Å². The van der Waals surface area contributed by atoms with Gasteiger partial charge in [-0.05, 0) is 47.4 Å². The number of piperidine rings is 1. The Bertz CT molecular complexity index is 313. The molecule has 0 amide bonds. The van der Waals surface area contributed by atoms with Gasteiger partial charge < -0.3 is 10.6 Å². The van der Waals surface area contributed by atoms with Crippen molar-refractivity contribution < 1.29 is 0 Å². The standard InChI is InChI=1S/C11H17BrN2S/c1-8-5-13-3-2-11(8)14-6-10-4-9(12)7-15-10/h4,7-8,11,13-14H,2-3,5-6H2,1H3. The fourth-order valence-corrected chi connectivity index (χ4v) is 3.40. The zero-order valence-corrected chi connectivity index (χ0v) is 11.3. The van der Waals surface area contributed by atoms with E-state index in [1.54, 1.807) is 0 Å². The summed E-state index contributed by atoms with van der Waals surface area (Å²) < 4.78 is 1.20. The van der Waals surface area contributed by atoms with Crippen LogP contribution in [0, 0.1) is 5.92 Å². The van der Waals surface area contributed by atoms with Crippen LogP contribution in [0.4, 0.5) is 0 Å². The van der Waals surface area contributed by atoms with E-state index in [1.165, 1.54) is 15.8 Å². The zero-order chi connectivity index (χ0) is 10.7. The van der Waals surface area contributed by atoms with E-state index in [1.807, 2.05) is 11.3 Å². The summed E-state index contributed by atoms with van der Waals surface area (Å²) in [6.45, 7) is 5.61. The molecule has 0 bridgehead atoms. The fourth-order valence-electron chi connectivity index (χ4n) is 2.00. The third kappa shape index (κ3) is 3.28. The molecule has 0 aliphatic carbocycles. The van der Waals surface area contributed by atoms with Gasteiger partial charge in [0.05, 0.1) is 0 Å². The van der Waals surface area contributed by atoms with Crippen LogP contribution in [-0.4, -0.2) is 19.1 Å². The van der Waals surface area contributed by atoms with Gasteiger partial charge in [-0.2, -0.15) is 0 Å². The van der Waals surface area contributed by atoms with Gasteiger partial charge in [-0.25, -0.2) is 0 Å². The quantitative estimate of drug-likeness (QED) is 0.894. The minimum Gasteiger partial charge on any atom is -0.316 e. The number of thiophene rings is 1. The first-order valence-corrected chi connectivity index (χ1v) is 7.10. The second kappa shape index (κ2) is 5.43. The Morgan fingerprint density at radius 1 is 1.67 bits per heavy atom. The summed E-state index contributed by atoms with van der Waals surface area (Å²) in [5.74, 6) is 0.738. The summed E-state index contributed by atoms with van der Waals surface area (Å²) in [7, 11) is 0. The lowest BCUT2D eigenvalue weighted by Gasteiger charge is -2.30. The Kier molecular flexibility index (Phi) is 4.20. The van der Waals surface area contributed by atoms with Crippen LogP contribution in [0.1, 0.15) is 18.2 Å². The highest BCUT2D eigenvalue weighted by Gasteiger charge is 2.20. The van der Waals surface area contributed by atoms with E-state index in [-0.39, 0.29) is 0 Å². The number of hydrogen-bond acceptors (Lipinski definition) is 3. The molecule has 1 saturated heterocycles. The predicted molar refractivity (Wildman–Crippen MR) is 69.3 cm³/mol. The molecule has 1 fully saturated rings. The third-order valence-corrected chi connectivity index (χ3v) is 4.64. The van der Waals surface area contributed by atoms with Crippen LogP contribution in [0.25, 0.3) is 0 Å². The van der Waals surface area contributed by atoms with Gasteiger partial charge in [-0.15, -0.1) is 11.3 Å². The first-order chi connectivity index (χ1) is 7.25. The molecule has 0 spiro atoms. The lowest BCUT2D eigenvalue weighted by Crippen LogP contribution is -2.45. The minimum atomic E-state index is 0.673. The van der Waals surface area contributed by atoms with Gasteiger partial charge in [-0.1, -0.05) is 6.92 Å². The van der Waals surface area contributed by atoms with Gasteiger partial charge in [0, 0.05) is 27.3 Å². The van der Waals surface area contributed by atoms with Gasteiger partial charge >= 0.3 is 0 Å². The van der Waals surface area contributed by atoms with Crippen LogP contribution in [0.15, 0.2) is 15.9 Å². The predicted octanol–water partition coefficient (Wildman–Crippen LogP) is 2.60. The molecule has 1 aliphatic heterocycles. The summed E-state index contributed by atoms with van der Waals surface area (Å²) >= 11 is 5.30. The Hall–Kier alpha value is 0.1000. The molecule has 1 aromatic rings. The largest absolute Gasteiger partial charge is 0.316 e. The molecule has 2 N–H and O–H groups in total. The number of halogens is 1. The van der Waals surface area contributed by atoms with Crippen molar-refractivity contribution in [3.05, 3.63) is 20.8 Å². The topological polar surface area (TPSA) is 24.1 Å². The molecular formula is C11H17BrN2S. The van der Waals surface area contributed by atoms with E-state index in [4.69, 9.17) is 0 Å². The summed E-state index contributed by atoms with van der Waals surface area (Å²) in [5.41, 5.74) is 0. The first-order valence-electron chi connectivity index (χ1n) is 5.42. The number of nitrogens with one attached hydrogen (secondary N) is 2. The van der Waals surface area contributed by atoms with E-state index in [0.29, 0.717) is 6.04 Å². The molecule has 2 unspecified atom stereocenters. The maximum absolute atomic E-state index is 3.65. The van der Waals surface area contributed by atoms with Gasteiger partial charge in [0.15, 0.2) is 0 Å². The van der Waals surface area contributed by atoms with Crippen molar-refractivity contribution in [2.45, 2.75) is 25.9 Å². The van der Waals surface area contributed by atoms with Crippen LogP contribution in [0.2, 0.25) is 0 Å². The normalized spacial score (nSPS) is 26.8. The minimum absolute atomic E-state index is 0.673. The first kappa shape index (κ1) is 11.6. The monoisotopic (exact) mass is 288 g/mol. The second-order valence-electron chi connectivity index (χ2n) is 4.19. The van der Waals surface area contributed by atoms with E-state index in [9.17, 15) is 0 Å². The molecule has 1 aromatic heterocycles. The number of rotatable bonds is 3. The fraction of sp³-hybridized carbons (Fsp3) is 0.636. The Morgan fingerprint density at radius 3 is 3.20 bits per heavy atom. The van der Waals surface area contributed by atoms with Crippen molar-refractivity contribution in [2.24, 2.45) is 5.92 Å². The Morgan fingerprint density at radius 2 is 2.53 bits per heavy atom. The van der Waals surface area contributed by atoms with Crippen LogP contribution in [0.3, 0.4) is 0 Å². The summed E-state index contributed by atoms with van der Waals surface area (Å²) in [6, 6.07) is 2.87. The summed E-state index contributed by atoms with van der Waals surface area (Å²) in [6.07, 6.45) is 1.24. The number of hydrogen-bond donors (Lipinski definition) is 2. The highest BCUT2D eigenvalue weighted by Crippen LogP contribution is 2.20. The van der Waals surface area contributed by atoms with Gasteiger partial charge in [0.25, 0.3) is 0 Å². The van der Waals surface area contributed by atoms with Gasteiger partial charge in [0.1, 0.15) is 0 Å². The van der Waals surface area contributed by atoms with Gasteiger partial charge in [-0.3, -0.25) is 0 Å². The van der Waals surface area contributed by atoms with Crippen molar-refractivity contribution in [1.29, 1.82) is 0 Å². The molecule has 2 atom stereocenters. The highest BCUT2D eigenvalue weighted by atomic mass is 79.9. The van der Waals surface area contributed by atoms with Crippen molar-refractivity contribution >= 4 is 27.3 Å². The molecule has 2 heterocycles. The van der Waals surface area contributed by atoms with Crippen molar-refractivity contribution in [3.8, 4) is 0 Å². The molecule has 1 aliphatic rings. The zero-order valence-electron chi connectivity index (χ0n) is 8.92. The average molecular weight is 289 g/mol. The van der Waals surface area contributed by atoms with Crippen LogP contribution < -0.4 is 10.6 Å². The SMILES string of the molecule is CC1CNCCC1NCc1cc(Br)cs1. The van der Waals surface area contributed by atoms with Crippen molar-refractivity contribution in [1.82, 2.24) is 10.6 Å². The average Bonchev–Trinajstić information content (AvgIpc) is 2.63. The van der Waals surface area contributed by atoms with E-state index < -0.39 is 0 Å². The van der Waals surface area contributed by atoms with Gasteiger partial charge in [0.2, 0.25) is 0 Å². The highest BCUT2D eigenvalue weighted by molar-refractivity contribution is 9.10. The Balaban J connectivity index is 1.81. The molecule has 84 valence electrons. The third-order valence-electron chi connectivity index (χ3n) is 2.95. The maximum atomic E-state index is 3.65. The van der Waals surface area contributed by atoms with Crippen molar-refractivity contribution in [2.75, 3.05) is 13.1 Å². The lowest BCUT2D eigenvalue weighted by molar-refractivity contribution is 0.296. The molecule has 15 heavy (non-hydrogen) atoms. The second-order valence-corrected chi connectivity index (χ2v) is 6.10. The lowest BCUT2D eigenvalue weighted by atomic mass is 9.95. The molecular weight excluding hydrogens is 272 g/mol. The summed E-state index contributed by atoms with van der Waals surface area (Å²) in [4.78, 5) is 1.41. The molecule has 0 saturated carbocycles. The van der Waals surface area contributed by atoms with E-state index in [0.717, 1.165) is 25.6 Å². The smallest absolute Gasteiger partial charge is 0.0302 e. The Labute approximate surface area is 104 Å². The van der Waals surface area contributed by atoms with Crippen LogP contribution >= 0.6 is 27.3 Å². The molecule has 2 nitrogen and oxygen atoms in total. The molecule has 0 aromatic carbocycles. The summed E-state index contributed by atoms with van der Waals surface area (Å²) in [5, 5.41) is 9.21. The molecule has 0 radical (unpaired) electrons. The molecule has 4 heteroatoms. The van der Waals surface area contributed by atoms with Crippen LogP contribution in [-0.2, 0) is 6.54 Å². The van der Waals surface area contributed by atoms with Crippen LogP contribution in [0.5, 0.6) is 0 Å². The van der Waals surface area contributed by atoms with Crippen molar-refractivity contribution in [3.63, 3.8) is 0 Å².